The first-order valence-corrected chi connectivity index (χ1v) is 9.44. The van der Waals surface area contributed by atoms with Crippen LogP contribution in [0.1, 0.15) is 44.7 Å². The molecular formula is C14H27B4N3OS. The van der Waals surface area contributed by atoms with Crippen molar-refractivity contribution in [3.8, 4) is 5.88 Å². The van der Waals surface area contributed by atoms with Gasteiger partial charge >= 0.3 is 0 Å². The van der Waals surface area contributed by atoms with E-state index in [9.17, 15) is 0 Å². The first-order valence-electron chi connectivity index (χ1n) is 8.71. The van der Waals surface area contributed by atoms with E-state index < -0.39 is 0 Å². The van der Waals surface area contributed by atoms with E-state index in [0.717, 1.165) is 25.1 Å². The first kappa shape index (κ1) is 18.7. The Kier molecular flexibility index (Phi) is 6.06. The number of hydrogen-bond donors (Lipinski definition) is 0. The highest BCUT2D eigenvalue weighted by Gasteiger charge is 2.41. The first-order chi connectivity index (χ1) is 10.8. The quantitative estimate of drug-likeness (QED) is 0.478. The average Bonchev–Trinajstić information content (AvgIpc) is 2.93. The lowest BCUT2D eigenvalue weighted by atomic mass is 9.47. The Balaban J connectivity index is 2.13. The van der Waals surface area contributed by atoms with Crippen LogP contribution in [0.4, 0.5) is 0 Å². The Hall–Kier alpha value is -0.680. The number of rotatable bonds is 7. The molecule has 0 N–H and O–H groups in total. The summed E-state index contributed by atoms with van der Waals surface area (Å²) in [6, 6.07) is 0. The van der Waals surface area contributed by atoms with Crippen LogP contribution >= 0.6 is 11.7 Å². The fourth-order valence-electron chi connectivity index (χ4n) is 3.20. The van der Waals surface area contributed by atoms with E-state index in [-0.39, 0.29) is 10.7 Å². The molecule has 0 aliphatic carbocycles. The number of hydrogen-bond acceptors (Lipinski definition) is 5. The van der Waals surface area contributed by atoms with Gasteiger partial charge in [-0.25, -0.2) is 0 Å². The lowest BCUT2D eigenvalue weighted by Gasteiger charge is -2.51. The molecule has 4 nitrogen and oxygen atoms in total. The van der Waals surface area contributed by atoms with E-state index in [2.05, 4.69) is 65.1 Å². The summed E-state index contributed by atoms with van der Waals surface area (Å²) in [7, 11) is 11.3. The Labute approximate surface area is 148 Å². The summed E-state index contributed by atoms with van der Waals surface area (Å²) in [6.45, 7) is 2.95. The van der Waals surface area contributed by atoms with Crippen molar-refractivity contribution in [2.45, 2.75) is 49.7 Å². The maximum Gasteiger partial charge on any atom is 0.253 e. The summed E-state index contributed by atoms with van der Waals surface area (Å²) in [5, 5.41) is 0.0649. The summed E-state index contributed by atoms with van der Waals surface area (Å²) >= 11 is 1.25. The molecular weight excluding hydrogens is 301 g/mol. The zero-order valence-electron chi connectivity index (χ0n) is 15.5. The largest absolute Gasteiger partial charge is 0.475 e. The third-order valence-corrected chi connectivity index (χ3v) is 5.67. The molecule has 0 fully saturated rings. The van der Waals surface area contributed by atoms with E-state index in [4.69, 9.17) is 4.74 Å². The predicted molar refractivity (Wildman–Crippen MR) is 110 cm³/mol. The van der Waals surface area contributed by atoms with Crippen molar-refractivity contribution in [2.24, 2.45) is 0 Å². The number of likely N-dealkylation sites (N-methyl/N-ethyl adjacent to an activating group) is 1. The fourth-order valence-corrected chi connectivity index (χ4v) is 3.71. The molecule has 2 heterocycles. The molecule has 0 radical (unpaired) electrons. The van der Waals surface area contributed by atoms with E-state index >= 15 is 0 Å². The summed E-state index contributed by atoms with van der Waals surface area (Å²) in [5.41, 5.74) is 2.16. The Morgan fingerprint density at radius 2 is 1.96 bits per heavy atom. The van der Waals surface area contributed by atoms with Crippen LogP contribution in [0, 0.1) is 0 Å². The molecule has 0 saturated carbocycles. The van der Waals surface area contributed by atoms with Gasteiger partial charge in [0.05, 0.1) is 18.3 Å². The van der Waals surface area contributed by atoms with E-state index in [1.54, 1.807) is 0 Å². The third-order valence-electron chi connectivity index (χ3n) is 5.16. The van der Waals surface area contributed by atoms with Crippen LogP contribution in [-0.2, 0) is 0 Å². The molecule has 0 unspecified atom stereocenters. The van der Waals surface area contributed by atoms with Crippen LogP contribution in [0.3, 0.4) is 0 Å². The monoisotopic (exact) mass is 329 g/mol. The molecule has 0 spiro atoms. The highest BCUT2D eigenvalue weighted by atomic mass is 32.1. The predicted octanol–water partition coefficient (Wildman–Crippen LogP) is -0.944. The maximum absolute atomic E-state index is 5.93. The zero-order chi connectivity index (χ0) is 17.1. The van der Waals surface area contributed by atoms with E-state index in [1.807, 2.05) is 0 Å². The summed E-state index contributed by atoms with van der Waals surface area (Å²) < 4.78 is 14.9. The average molecular weight is 329 g/mol. The smallest absolute Gasteiger partial charge is 0.253 e. The van der Waals surface area contributed by atoms with Crippen LogP contribution in [0.2, 0.25) is 0 Å². The molecule has 23 heavy (non-hydrogen) atoms. The Morgan fingerprint density at radius 3 is 2.65 bits per heavy atom. The van der Waals surface area contributed by atoms with Gasteiger partial charge in [-0.15, -0.1) is 4.37 Å². The standard InChI is InChI=1S/C14H27B4N3OS/c1-3-4-5-6-9-22-12-11(19-23-20-12)10-7-8-13(15,16)21(2)14(10,17)18/h7H,3-6,8-9,15-18H2,1-2H3. The van der Waals surface area contributed by atoms with Crippen molar-refractivity contribution in [1.29, 1.82) is 0 Å². The Bertz CT molecular complexity index is 562. The highest BCUT2D eigenvalue weighted by Crippen LogP contribution is 2.38. The van der Waals surface area contributed by atoms with Crippen molar-refractivity contribution in [1.82, 2.24) is 13.6 Å². The molecule has 0 atom stereocenters. The SMILES string of the molecule is BC1(B)CC=C(c2nsnc2OCCCCCC)C(B)(B)N1C. The van der Waals surface area contributed by atoms with Gasteiger partial charge in [-0.05, 0) is 36.1 Å². The minimum absolute atomic E-state index is 0.0855. The zero-order valence-corrected chi connectivity index (χ0v) is 16.3. The third kappa shape index (κ3) is 4.05. The number of nitrogens with zero attached hydrogens (tertiary/aromatic N) is 3. The van der Waals surface area contributed by atoms with Gasteiger partial charge in [0.15, 0.2) is 0 Å². The van der Waals surface area contributed by atoms with Crippen molar-refractivity contribution in [3.05, 3.63) is 11.8 Å². The Morgan fingerprint density at radius 1 is 1.22 bits per heavy atom. The van der Waals surface area contributed by atoms with Crippen LogP contribution in [0.5, 0.6) is 5.88 Å². The van der Waals surface area contributed by atoms with Gasteiger partial charge in [0.25, 0.3) is 5.88 Å². The highest BCUT2D eigenvalue weighted by molar-refractivity contribution is 6.99. The van der Waals surface area contributed by atoms with Crippen LogP contribution < -0.4 is 4.74 Å². The van der Waals surface area contributed by atoms with Crippen molar-refractivity contribution < 1.29 is 4.74 Å². The molecule has 1 aromatic rings. The van der Waals surface area contributed by atoms with Crippen molar-refractivity contribution in [2.75, 3.05) is 13.7 Å². The normalized spacial score (nSPS) is 20.2. The fraction of sp³-hybridized carbons (Fsp3) is 0.714. The number of unbranched alkanes of at least 4 members (excludes halogenated alkanes) is 3. The summed E-state index contributed by atoms with van der Waals surface area (Å²) in [4.78, 5) is 2.43. The van der Waals surface area contributed by atoms with E-state index in [1.165, 1.54) is 36.6 Å². The van der Waals surface area contributed by atoms with Gasteiger partial charge in [0.1, 0.15) is 37.1 Å². The lowest BCUT2D eigenvalue weighted by molar-refractivity contribution is 0.248. The number of aromatic nitrogens is 2. The van der Waals surface area contributed by atoms with E-state index in [0.29, 0.717) is 5.88 Å². The molecule has 0 amide bonds. The van der Waals surface area contributed by atoms with Crippen molar-refractivity contribution in [3.63, 3.8) is 0 Å². The maximum atomic E-state index is 5.93. The second-order valence-corrected chi connectivity index (χ2v) is 8.11. The molecule has 1 aromatic heterocycles. The van der Waals surface area contributed by atoms with Crippen molar-refractivity contribution >= 4 is 48.7 Å². The molecule has 2 rings (SSSR count). The molecule has 9 heteroatoms. The minimum Gasteiger partial charge on any atom is -0.475 e. The van der Waals surface area contributed by atoms with Gasteiger partial charge in [-0.3, -0.25) is 0 Å². The number of ether oxygens (including phenoxy) is 1. The minimum atomic E-state index is -0.0855. The second-order valence-electron chi connectivity index (χ2n) is 7.58. The lowest BCUT2D eigenvalue weighted by Crippen LogP contribution is -2.63. The second kappa shape index (κ2) is 7.47. The molecule has 0 aromatic carbocycles. The summed E-state index contributed by atoms with van der Waals surface area (Å²) in [5.74, 6) is 0.707. The van der Waals surface area contributed by atoms with Gasteiger partial charge in [0.2, 0.25) is 0 Å². The van der Waals surface area contributed by atoms with Crippen LogP contribution in [0.25, 0.3) is 5.57 Å². The van der Waals surface area contributed by atoms with Gasteiger partial charge in [-0.2, -0.15) is 4.37 Å². The van der Waals surface area contributed by atoms with Crippen LogP contribution in [-0.4, -0.2) is 69.4 Å². The van der Waals surface area contributed by atoms with Gasteiger partial charge < -0.3 is 9.64 Å². The topological polar surface area (TPSA) is 38.3 Å². The molecule has 0 saturated heterocycles. The molecule has 0 bridgehead atoms. The van der Waals surface area contributed by atoms with Gasteiger partial charge in [0, 0.05) is 0 Å². The summed E-state index contributed by atoms with van der Waals surface area (Å²) in [6.07, 6.45) is 8.14. The van der Waals surface area contributed by atoms with Gasteiger partial charge in [-0.1, -0.05) is 32.3 Å². The van der Waals surface area contributed by atoms with Crippen LogP contribution in [0.15, 0.2) is 6.08 Å². The molecule has 1 aliphatic heterocycles. The molecule has 122 valence electrons. The molecule has 1 aliphatic rings.